The predicted molar refractivity (Wildman–Crippen MR) is 119 cm³/mol. The normalized spacial score (nSPS) is 14.2. The summed E-state index contributed by atoms with van der Waals surface area (Å²) in [7, 11) is 3.83. The average Bonchev–Trinajstić information content (AvgIpc) is 2.60. The smallest absolute Gasteiger partial charge is 0.410 e. The van der Waals surface area contributed by atoms with E-state index in [-0.39, 0.29) is 6.09 Å². The third-order valence-electron chi connectivity index (χ3n) is 4.71. The van der Waals surface area contributed by atoms with E-state index in [1.54, 1.807) is 11.9 Å². The van der Waals surface area contributed by atoms with Crippen molar-refractivity contribution in [3.8, 4) is 0 Å². The Kier molecular flexibility index (Phi) is 5.96. The Morgan fingerprint density at radius 1 is 1.36 bits per heavy atom. The number of ether oxygens (including phenoxy) is 1. The molecule has 1 amide bonds. The van der Waals surface area contributed by atoms with Crippen LogP contribution in [0.5, 0.6) is 0 Å². The van der Waals surface area contributed by atoms with Gasteiger partial charge in [-0.1, -0.05) is 11.6 Å². The van der Waals surface area contributed by atoms with Crippen LogP contribution in [-0.2, 0) is 4.74 Å². The number of likely N-dealkylation sites (N-methyl/N-ethyl adjacent to an activating group) is 2. The van der Waals surface area contributed by atoms with Gasteiger partial charge in [0, 0.05) is 50.1 Å². The van der Waals surface area contributed by atoms with Crippen molar-refractivity contribution in [2.24, 2.45) is 0 Å². The number of hydrogen-bond acceptors (Lipinski definition) is 5. The number of halogens is 2. The van der Waals surface area contributed by atoms with Gasteiger partial charge in [-0.3, -0.25) is 4.98 Å². The summed E-state index contributed by atoms with van der Waals surface area (Å²) in [6.45, 7) is 8.62. The van der Waals surface area contributed by atoms with E-state index in [1.165, 1.54) is 0 Å². The minimum atomic E-state index is -0.502. The zero-order valence-corrected chi connectivity index (χ0v) is 19.3. The molecule has 2 heterocycles. The highest BCUT2D eigenvalue weighted by Gasteiger charge is 2.25. The Hall–Kier alpha value is -1.73. The van der Waals surface area contributed by atoms with Crippen molar-refractivity contribution < 1.29 is 9.53 Å². The van der Waals surface area contributed by atoms with Gasteiger partial charge in [0.2, 0.25) is 0 Å². The third-order valence-corrected chi connectivity index (χ3v) is 5.90. The number of nitrogens with zero attached hydrogens (tertiary/aromatic N) is 4. The average molecular weight is 470 g/mol. The highest BCUT2D eigenvalue weighted by Crippen LogP contribution is 2.40. The van der Waals surface area contributed by atoms with Crippen molar-refractivity contribution in [1.82, 2.24) is 9.88 Å². The predicted octanol–water partition coefficient (Wildman–Crippen LogP) is 4.77. The second kappa shape index (κ2) is 7.95. The Labute approximate surface area is 179 Å². The van der Waals surface area contributed by atoms with Crippen LogP contribution in [0.15, 0.2) is 22.8 Å². The Morgan fingerprint density at radius 2 is 2.07 bits per heavy atom. The van der Waals surface area contributed by atoms with Gasteiger partial charge in [-0.25, -0.2) is 4.79 Å². The second-order valence-electron chi connectivity index (χ2n) is 8.09. The fourth-order valence-corrected chi connectivity index (χ4v) is 3.70. The number of carbonyl (C=O) groups excluding carboxylic acids is 1. The zero-order chi connectivity index (χ0) is 20.6. The molecule has 0 spiro atoms. The molecule has 0 N–H and O–H groups in total. The lowest BCUT2D eigenvalue weighted by Gasteiger charge is -2.38. The quantitative estimate of drug-likeness (QED) is 0.648. The van der Waals surface area contributed by atoms with Crippen molar-refractivity contribution in [2.45, 2.75) is 26.4 Å². The van der Waals surface area contributed by atoms with Crippen LogP contribution >= 0.6 is 27.5 Å². The maximum atomic E-state index is 12.3. The van der Waals surface area contributed by atoms with E-state index in [4.69, 9.17) is 16.3 Å². The van der Waals surface area contributed by atoms with Gasteiger partial charge in [-0.05, 0) is 48.8 Å². The van der Waals surface area contributed by atoms with Crippen LogP contribution in [0.4, 0.5) is 16.2 Å². The Balaban J connectivity index is 1.87. The van der Waals surface area contributed by atoms with Gasteiger partial charge < -0.3 is 19.4 Å². The molecule has 0 unspecified atom stereocenters. The van der Waals surface area contributed by atoms with E-state index in [1.807, 2.05) is 39.1 Å². The first kappa shape index (κ1) is 21.0. The largest absolute Gasteiger partial charge is 0.444 e. The van der Waals surface area contributed by atoms with Gasteiger partial charge in [0.25, 0.3) is 0 Å². The van der Waals surface area contributed by atoms with Crippen molar-refractivity contribution in [3.05, 3.63) is 27.8 Å². The molecule has 0 saturated carbocycles. The number of pyridine rings is 1. The van der Waals surface area contributed by atoms with Gasteiger partial charge in [-0.15, -0.1) is 0 Å². The van der Waals surface area contributed by atoms with E-state index in [9.17, 15) is 4.79 Å². The Morgan fingerprint density at radius 3 is 2.75 bits per heavy atom. The summed E-state index contributed by atoms with van der Waals surface area (Å²) in [6, 6.07) is 3.90. The number of anilines is 2. The number of hydrogen-bond donors (Lipinski definition) is 0. The number of fused-ring (bicyclic) bond motifs is 3. The maximum absolute atomic E-state index is 12.3. The van der Waals surface area contributed by atoms with Crippen LogP contribution in [0.1, 0.15) is 20.8 Å². The van der Waals surface area contributed by atoms with Gasteiger partial charge >= 0.3 is 6.09 Å². The molecule has 0 radical (unpaired) electrons. The van der Waals surface area contributed by atoms with Crippen molar-refractivity contribution in [3.63, 3.8) is 0 Å². The molecular weight excluding hydrogens is 444 g/mol. The molecule has 1 aliphatic heterocycles. The summed E-state index contributed by atoms with van der Waals surface area (Å²) in [4.78, 5) is 23.0. The van der Waals surface area contributed by atoms with Gasteiger partial charge in [0.15, 0.2) is 0 Å². The minimum absolute atomic E-state index is 0.312. The summed E-state index contributed by atoms with van der Waals surface area (Å²) in [5.41, 5.74) is 2.55. The maximum Gasteiger partial charge on any atom is 0.410 e. The summed E-state index contributed by atoms with van der Waals surface area (Å²) < 4.78 is 6.28. The van der Waals surface area contributed by atoms with Crippen LogP contribution in [0.2, 0.25) is 5.02 Å². The van der Waals surface area contributed by atoms with Crippen molar-refractivity contribution in [2.75, 3.05) is 50.1 Å². The fraction of sp³-hybridized carbons (Fsp3) is 0.500. The lowest BCUT2D eigenvalue weighted by Crippen LogP contribution is -2.44. The van der Waals surface area contributed by atoms with Crippen LogP contribution < -0.4 is 9.80 Å². The lowest BCUT2D eigenvalue weighted by molar-refractivity contribution is 0.0303. The molecular formula is C20H26BrClN4O2. The first-order valence-corrected chi connectivity index (χ1v) is 10.4. The molecule has 1 aromatic carbocycles. The standard InChI is InChI=1S/C20H26BrClN4O2/c1-20(2,3)28-19(27)25(5)7-9-26-8-6-24(4)17-12-23-16-11-14(21)15(22)10-13(16)18(17)26/h10-12H,6-9H2,1-5H3. The number of aromatic nitrogens is 1. The number of rotatable bonds is 3. The lowest BCUT2D eigenvalue weighted by atomic mass is 10.1. The first-order chi connectivity index (χ1) is 13.1. The van der Waals surface area contributed by atoms with Crippen LogP contribution in [-0.4, -0.2) is 61.9 Å². The SMILES string of the molecule is CN(CCN1CCN(C)c2cnc3cc(Br)c(Cl)cc3c21)C(=O)OC(C)(C)C. The second-order valence-corrected chi connectivity index (χ2v) is 9.35. The zero-order valence-electron chi connectivity index (χ0n) is 16.9. The monoisotopic (exact) mass is 468 g/mol. The highest BCUT2D eigenvalue weighted by molar-refractivity contribution is 9.10. The number of amides is 1. The summed E-state index contributed by atoms with van der Waals surface area (Å²) >= 11 is 9.84. The van der Waals surface area contributed by atoms with E-state index >= 15 is 0 Å². The molecule has 152 valence electrons. The van der Waals surface area contributed by atoms with Crippen molar-refractivity contribution in [1.29, 1.82) is 0 Å². The van der Waals surface area contributed by atoms with E-state index < -0.39 is 5.60 Å². The third kappa shape index (κ3) is 4.46. The molecule has 1 aromatic heterocycles. The van der Waals surface area contributed by atoms with Gasteiger partial charge in [0.1, 0.15) is 5.60 Å². The van der Waals surface area contributed by atoms with E-state index in [0.29, 0.717) is 18.1 Å². The van der Waals surface area contributed by atoms with Crippen molar-refractivity contribution >= 4 is 55.9 Å². The van der Waals surface area contributed by atoms with Crippen LogP contribution in [0.3, 0.4) is 0 Å². The summed E-state index contributed by atoms with van der Waals surface area (Å²) in [6.07, 6.45) is 1.59. The van der Waals surface area contributed by atoms with Crippen LogP contribution in [0, 0.1) is 0 Å². The number of carbonyl (C=O) groups is 1. The molecule has 0 fully saturated rings. The van der Waals surface area contributed by atoms with E-state index in [2.05, 4.69) is 37.8 Å². The molecule has 0 saturated heterocycles. The highest BCUT2D eigenvalue weighted by atomic mass is 79.9. The summed E-state index contributed by atoms with van der Waals surface area (Å²) in [5, 5.41) is 1.67. The molecule has 0 aliphatic carbocycles. The molecule has 2 aromatic rings. The molecule has 6 nitrogen and oxygen atoms in total. The first-order valence-electron chi connectivity index (χ1n) is 9.25. The van der Waals surface area contributed by atoms with E-state index in [0.717, 1.165) is 39.8 Å². The summed E-state index contributed by atoms with van der Waals surface area (Å²) in [5.74, 6) is 0. The topological polar surface area (TPSA) is 48.9 Å². The van der Waals surface area contributed by atoms with Crippen LogP contribution in [0.25, 0.3) is 10.9 Å². The molecule has 3 rings (SSSR count). The van der Waals surface area contributed by atoms with Gasteiger partial charge in [-0.2, -0.15) is 0 Å². The molecule has 0 atom stereocenters. The fourth-order valence-electron chi connectivity index (χ4n) is 3.20. The molecule has 0 bridgehead atoms. The Bertz CT molecular complexity index is 900. The minimum Gasteiger partial charge on any atom is -0.444 e. The molecule has 1 aliphatic rings. The van der Waals surface area contributed by atoms with Gasteiger partial charge in [0.05, 0.1) is 28.1 Å². The number of benzene rings is 1. The molecule has 28 heavy (non-hydrogen) atoms. The molecule has 8 heteroatoms.